The van der Waals surface area contributed by atoms with Gasteiger partial charge in [0, 0.05) is 5.02 Å². The first-order valence-corrected chi connectivity index (χ1v) is 6.76. The second-order valence-electron chi connectivity index (χ2n) is 4.19. The van der Waals surface area contributed by atoms with Crippen molar-refractivity contribution in [3.63, 3.8) is 0 Å². The molecule has 1 amide bonds. The monoisotopic (exact) mass is 307 g/mol. The minimum atomic E-state index is -0.917. The van der Waals surface area contributed by atoms with Gasteiger partial charge < -0.3 is 14.5 Å². The molecular weight excluding hydrogens is 294 g/mol. The Morgan fingerprint density at radius 1 is 1.29 bits per heavy atom. The van der Waals surface area contributed by atoms with Gasteiger partial charge in [-0.3, -0.25) is 4.79 Å². The molecule has 0 aliphatic heterocycles. The van der Waals surface area contributed by atoms with E-state index < -0.39 is 17.9 Å². The van der Waals surface area contributed by atoms with E-state index in [9.17, 15) is 9.59 Å². The summed E-state index contributed by atoms with van der Waals surface area (Å²) in [7, 11) is 0. The highest BCUT2D eigenvalue weighted by Crippen LogP contribution is 2.18. The van der Waals surface area contributed by atoms with Gasteiger partial charge in [-0.25, -0.2) is 4.79 Å². The van der Waals surface area contributed by atoms with Crippen LogP contribution in [-0.4, -0.2) is 18.5 Å². The minimum absolute atomic E-state index is 0.123. The third-order valence-corrected chi connectivity index (χ3v) is 3.00. The number of esters is 1. The molecular formula is C15H14ClNO4. The van der Waals surface area contributed by atoms with Crippen molar-refractivity contribution in [3.05, 3.63) is 59.0 Å². The predicted octanol–water partition coefficient (Wildman–Crippen LogP) is 2.97. The number of furan rings is 1. The Morgan fingerprint density at radius 2 is 2.00 bits per heavy atom. The number of halogens is 1. The van der Waals surface area contributed by atoms with Crippen LogP contribution >= 0.6 is 11.6 Å². The van der Waals surface area contributed by atoms with Gasteiger partial charge in [0.1, 0.15) is 0 Å². The van der Waals surface area contributed by atoms with Crippen LogP contribution in [0.1, 0.15) is 29.1 Å². The normalized spacial score (nSPS) is 11.7. The first-order valence-electron chi connectivity index (χ1n) is 6.38. The van der Waals surface area contributed by atoms with Gasteiger partial charge in [0.15, 0.2) is 11.8 Å². The summed E-state index contributed by atoms with van der Waals surface area (Å²) in [6.45, 7) is 1.92. The van der Waals surface area contributed by atoms with Crippen LogP contribution in [0.15, 0.2) is 47.1 Å². The van der Waals surface area contributed by atoms with Crippen LogP contribution in [-0.2, 0) is 9.53 Å². The molecule has 1 heterocycles. The van der Waals surface area contributed by atoms with E-state index in [0.717, 1.165) is 0 Å². The highest BCUT2D eigenvalue weighted by Gasteiger charge is 2.25. The first kappa shape index (κ1) is 15.1. The van der Waals surface area contributed by atoms with Crippen molar-refractivity contribution >= 4 is 23.5 Å². The Balaban J connectivity index is 2.22. The smallest absolute Gasteiger partial charge is 0.333 e. The number of benzene rings is 1. The number of amides is 1. The lowest BCUT2D eigenvalue weighted by Gasteiger charge is -2.17. The van der Waals surface area contributed by atoms with E-state index >= 15 is 0 Å². The van der Waals surface area contributed by atoms with Crippen molar-refractivity contribution in [1.29, 1.82) is 0 Å². The second-order valence-corrected chi connectivity index (χ2v) is 4.62. The van der Waals surface area contributed by atoms with E-state index in [1.54, 1.807) is 37.3 Å². The Bertz CT molecular complexity index is 607. The molecule has 2 aromatic rings. The van der Waals surface area contributed by atoms with Gasteiger partial charge in [-0.05, 0) is 36.8 Å². The fourth-order valence-corrected chi connectivity index (χ4v) is 1.90. The summed E-state index contributed by atoms with van der Waals surface area (Å²) in [5.74, 6) is -0.911. The number of carbonyl (C=O) groups excluding carboxylic acids is 2. The molecule has 1 N–H and O–H groups in total. The number of nitrogens with one attached hydrogen (secondary N) is 1. The lowest BCUT2D eigenvalue weighted by molar-refractivity contribution is -0.145. The number of hydrogen-bond acceptors (Lipinski definition) is 4. The van der Waals surface area contributed by atoms with Crippen LogP contribution in [0, 0.1) is 0 Å². The molecule has 0 aliphatic carbocycles. The van der Waals surface area contributed by atoms with Gasteiger partial charge in [0.2, 0.25) is 0 Å². The highest BCUT2D eigenvalue weighted by atomic mass is 35.5. The van der Waals surface area contributed by atoms with Crippen molar-refractivity contribution in [3.8, 4) is 0 Å². The Kier molecular flexibility index (Phi) is 5.00. The molecule has 110 valence electrons. The maximum Gasteiger partial charge on any atom is 0.333 e. The minimum Gasteiger partial charge on any atom is -0.464 e. The molecule has 0 aliphatic rings. The van der Waals surface area contributed by atoms with Gasteiger partial charge in [-0.1, -0.05) is 23.7 Å². The second kappa shape index (κ2) is 6.95. The average molecular weight is 308 g/mol. The zero-order valence-electron chi connectivity index (χ0n) is 11.3. The topological polar surface area (TPSA) is 68.5 Å². The van der Waals surface area contributed by atoms with Crippen LogP contribution in [0.5, 0.6) is 0 Å². The highest BCUT2D eigenvalue weighted by molar-refractivity contribution is 6.30. The van der Waals surface area contributed by atoms with Crippen molar-refractivity contribution < 1.29 is 18.7 Å². The maximum absolute atomic E-state index is 12.0. The molecule has 0 bridgehead atoms. The van der Waals surface area contributed by atoms with Crippen LogP contribution in [0.4, 0.5) is 0 Å². The molecule has 1 atom stereocenters. The molecule has 0 radical (unpaired) electrons. The molecule has 0 fully saturated rings. The molecule has 5 nitrogen and oxygen atoms in total. The Morgan fingerprint density at radius 3 is 2.57 bits per heavy atom. The van der Waals surface area contributed by atoms with Gasteiger partial charge in [0.25, 0.3) is 5.91 Å². The third kappa shape index (κ3) is 3.86. The molecule has 0 saturated heterocycles. The van der Waals surface area contributed by atoms with E-state index in [-0.39, 0.29) is 12.4 Å². The Hall–Kier alpha value is -2.27. The summed E-state index contributed by atoms with van der Waals surface area (Å²) in [6, 6.07) is 8.79. The zero-order chi connectivity index (χ0) is 15.2. The van der Waals surface area contributed by atoms with Crippen molar-refractivity contribution in [2.45, 2.75) is 13.0 Å². The van der Waals surface area contributed by atoms with E-state index in [1.807, 2.05) is 0 Å². The average Bonchev–Trinajstić information content (AvgIpc) is 3.00. The van der Waals surface area contributed by atoms with E-state index in [2.05, 4.69) is 5.32 Å². The molecule has 21 heavy (non-hydrogen) atoms. The summed E-state index contributed by atoms with van der Waals surface area (Å²) in [5, 5.41) is 3.13. The molecule has 6 heteroatoms. The van der Waals surface area contributed by atoms with Crippen LogP contribution < -0.4 is 5.32 Å². The SMILES string of the molecule is CCOC(=O)[C@H](NC(=O)c1ccco1)c1ccc(Cl)cc1. The van der Waals surface area contributed by atoms with Crippen molar-refractivity contribution in [1.82, 2.24) is 5.32 Å². The third-order valence-electron chi connectivity index (χ3n) is 2.75. The summed E-state index contributed by atoms with van der Waals surface area (Å²) in [4.78, 5) is 24.1. The summed E-state index contributed by atoms with van der Waals surface area (Å²) >= 11 is 5.83. The number of rotatable bonds is 5. The molecule has 0 saturated carbocycles. The van der Waals surface area contributed by atoms with Crippen LogP contribution in [0.25, 0.3) is 0 Å². The number of carbonyl (C=O) groups is 2. The maximum atomic E-state index is 12.0. The largest absolute Gasteiger partial charge is 0.464 e. The quantitative estimate of drug-likeness (QED) is 0.862. The van der Waals surface area contributed by atoms with Gasteiger partial charge in [-0.2, -0.15) is 0 Å². The molecule has 0 unspecified atom stereocenters. The van der Waals surface area contributed by atoms with Gasteiger partial charge >= 0.3 is 5.97 Å². The lowest BCUT2D eigenvalue weighted by atomic mass is 10.1. The molecule has 1 aromatic carbocycles. The van der Waals surface area contributed by atoms with Crippen molar-refractivity contribution in [2.75, 3.05) is 6.61 Å². The number of ether oxygens (including phenoxy) is 1. The molecule has 1 aromatic heterocycles. The number of hydrogen-bond donors (Lipinski definition) is 1. The Labute approximate surface area is 126 Å². The van der Waals surface area contributed by atoms with Gasteiger partial charge in [0.05, 0.1) is 12.9 Å². The van der Waals surface area contributed by atoms with E-state index in [1.165, 1.54) is 12.3 Å². The standard InChI is InChI=1S/C15H14ClNO4/c1-2-20-15(19)13(10-5-7-11(16)8-6-10)17-14(18)12-4-3-9-21-12/h3-9,13H,2H2,1H3,(H,17,18)/t13-/m1/s1. The van der Waals surface area contributed by atoms with E-state index in [0.29, 0.717) is 10.6 Å². The zero-order valence-corrected chi connectivity index (χ0v) is 12.1. The van der Waals surface area contributed by atoms with Crippen LogP contribution in [0.2, 0.25) is 5.02 Å². The lowest BCUT2D eigenvalue weighted by Crippen LogP contribution is -2.34. The van der Waals surface area contributed by atoms with Crippen LogP contribution in [0.3, 0.4) is 0 Å². The van der Waals surface area contributed by atoms with Crippen molar-refractivity contribution in [2.24, 2.45) is 0 Å². The summed E-state index contributed by atoms with van der Waals surface area (Å²) in [5.41, 5.74) is 0.581. The summed E-state index contributed by atoms with van der Waals surface area (Å²) < 4.78 is 10.00. The van der Waals surface area contributed by atoms with E-state index in [4.69, 9.17) is 20.8 Å². The van der Waals surface area contributed by atoms with Gasteiger partial charge in [-0.15, -0.1) is 0 Å². The fourth-order valence-electron chi connectivity index (χ4n) is 1.77. The summed E-state index contributed by atoms with van der Waals surface area (Å²) in [6.07, 6.45) is 1.39. The molecule has 2 rings (SSSR count). The molecule has 0 spiro atoms. The fraction of sp³-hybridized carbons (Fsp3) is 0.200. The predicted molar refractivity (Wildman–Crippen MR) is 77.0 cm³/mol. The first-order chi connectivity index (χ1) is 10.1.